The summed E-state index contributed by atoms with van der Waals surface area (Å²) in [6.07, 6.45) is -1.33. The lowest BCUT2D eigenvalue weighted by Crippen LogP contribution is -2.20. The molecule has 100 valence electrons. The topological polar surface area (TPSA) is 57.5 Å². The van der Waals surface area contributed by atoms with Gasteiger partial charge in [-0.15, -0.1) is 0 Å². The minimum Gasteiger partial charge on any atom is -0.390 e. The molecule has 2 unspecified atom stereocenters. The lowest BCUT2D eigenvalue weighted by molar-refractivity contribution is -0.109. The molecule has 18 heavy (non-hydrogen) atoms. The fourth-order valence-electron chi connectivity index (χ4n) is 1.78. The van der Waals surface area contributed by atoms with Gasteiger partial charge in [0.2, 0.25) is 0 Å². The summed E-state index contributed by atoms with van der Waals surface area (Å²) in [6, 6.07) is 5.68. The van der Waals surface area contributed by atoms with E-state index in [0.29, 0.717) is 12.2 Å². The maximum atomic E-state index is 10.8. The minimum atomic E-state index is -0.891. The average Bonchev–Trinajstić information content (AvgIpc) is 2.31. The lowest BCUT2D eigenvalue weighted by atomic mass is 9.95. The summed E-state index contributed by atoms with van der Waals surface area (Å²) in [4.78, 5) is 10.8. The van der Waals surface area contributed by atoms with Crippen molar-refractivity contribution in [1.29, 1.82) is 0 Å². The van der Waals surface area contributed by atoms with Crippen LogP contribution in [0, 0.1) is 13.8 Å². The van der Waals surface area contributed by atoms with Crippen molar-refractivity contribution in [1.82, 2.24) is 0 Å². The monoisotopic (exact) mass is 268 g/mol. The molecule has 3 nitrogen and oxygen atoms in total. The molecule has 1 rings (SSSR count). The summed E-state index contributed by atoms with van der Waals surface area (Å²) in [6.45, 7) is 5.41. The first-order valence-corrected chi connectivity index (χ1v) is 6.97. The zero-order valence-electron chi connectivity index (χ0n) is 11.0. The van der Waals surface area contributed by atoms with Gasteiger partial charge >= 0.3 is 0 Å². The molecule has 0 fully saturated rings. The first-order chi connectivity index (χ1) is 8.43. The van der Waals surface area contributed by atoms with Crippen molar-refractivity contribution in [3.05, 3.63) is 34.9 Å². The van der Waals surface area contributed by atoms with Gasteiger partial charge in [-0.25, -0.2) is 0 Å². The smallest absolute Gasteiger partial charge is 0.185 e. The van der Waals surface area contributed by atoms with Crippen molar-refractivity contribution in [3.63, 3.8) is 0 Å². The largest absolute Gasteiger partial charge is 0.390 e. The lowest BCUT2D eigenvalue weighted by Gasteiger charge is -2.20. The molecular weight excluding hydrogens is 248 g/mol. The van der Waals surface area contributed by atoms with E-state index in [-0.39, 0.29) is 5.12 Å². The number of hydrogen-bond acceptors (Lipinski definition) is 4. The number of aliphatic hydroxyl groups excluding tert-OH is 2. The molecule has 1 aromatic rings. The van der Waals surface area contributed by atoms with Crippen molar-refractivity contribution in [2.24, 2.45) is 0 Å². The number of carbonyl (C=O) groups excluding carboxylic acids is 1. The Kier molecular flexibility index (Phi) is 5.85. The Morgan fingerprint density at radius 1 is 1.33 bits per heavy atom. The van der Waals surface area contributed by atoms with E-state index in [0.717, 1.165) is 16.7 Å². The van der Waals surface area contributed by atoms with Gasteiger partial charge in [-0.3, -0.25) is 4.79 Å². The molecule has 0 saturated heterocycles. The van der Waals surface area contributed by atoms with Gasteiger partial charge in [0.05, 0.1) is 6.10 Å². The molecule has 2 N–H and O–H groups in total. The summed E-state index contributed by atoms with van der Waals surface area (Å²) in [5, 5.41) is 20.1. The summed E-state index contributed by atoms with van der Waals surface area (Å²) < 4.78 is 0. The van der Waals surface area contributed by atoms with Gasteiger partial charge in [0.15, 0.2) is 5.12 Å². The number of hydrogen-bond donors (Lipinski definition) is 2. The first-order valence-electron chi connectivity index (χ1n) is 5.99. The van der Waals surface area contributed by atoms with E-state index in [4.69, 9.17) is 0 Å². The fourth-order valence-corrected chi connectivity index (χ4v) is 2.43. The van der Waals surface area contributed by atoms with Crippen LogP contribution in [0.15, 0.2) is 18.2 Å². The number of thioether (sulfide) groups is 1. The van der Waals surface area contributed by atoms with Crippen LogP contribution in [-0.2, 0) is 4.79 Å². The molecule has 0 amide bonds. The second kappa shape index (κ2) is 6.92. The standard InChI is InChI=1S/C14H20O3S/c1-9-5-4-6-12(10(9)2)14(17)13(16)7-8-18-11(3)15/h4-6,13-14,16-17H,7-8H2,1-3H3. The molecule has 0 saturated carbocycles. The van der Waals surface area contributed by atoms with Crippen LogP contribution in [0.3, 0.4) is 0 Å². The highest BCUT2D eigenvalue weighted by Crippen LogP contribution is 2.25. The van der Waals surface area contributed by atoms with Crippen molar-refractivity contribution < 1.29 is 15.0 Å². The predicted octanol–water partition coefficient (Wildman–Crippen LogP) is 2.37. The molecule has 0 aromatic heterocycles. The summed E-state index contributed by atoms with van der Waals surface area (Å²) >= 11 is 1.17. The molecule has 0 aliphatic carbocycles. The summed E-state index contributed by atoms with van der Waals surface area (Å²) in [5.74, 6) is 0.526. The molecule has 0 spiro atoms. The van der Waals surface area contributed by atoms with Crippen LogP contribution in [0.1, 0.15) is 36.1 Å². The molecule has 0 bridgehead atoms. The highest BCUT2D eigenvalue weighted by molar-refractivity contribution is 8.13. The molecule has 4 heteroatoms. The number of benzene rings is 1. The van der Waals surface area contributed by atoms with Crippen molar-refractivity contribution >= 4 is 16.9 Å². The second-order valence-corrected chi connectivity index (χ2v) is 5.70. The van der Waals surface area contributed by atoms with E-state index in [1.54, 1.807) is 0 Å². The van der Waals surface area contributed by atoms with E-state index < -0.39 is 12.2 Å². The van der Waals surface area contributed by atoms with Crippen LogP contribution in [0.4, 0.5) is 0 Å². The Morgan fingerprint density at radius 3 is 2.61 bits per heavy atom. The fraction of sp³-hybridized carbons (Fsp3) is 0.500. The third-order valence-electron chi connectivity index (χ3n) is 3.05. The molecule has 0 radical (unpaired) electrons. The Morgan fingerprint density at radius 2 is 2.00 bits per heavy atom. The van der Waals surface area contributed by atoms with Crippen molar-refractivity contribution in [3.8, 4) is 0 Å². The van der Waals surface area contributed by atoms with Crippen LogP contribution >= 0.6 is 11.8 Å². The zero-order valence-corrected chi connectivity index (χ0v) is 11.8. The third kappa shape index (κ3) is 4.12. The van der Waals surface area contributed by atoms with Crippen LogP contribution < -0.4 is 0 Å². The number of aliphatic hydroxyl groups is 2. The molecular formula is C14H20O3S. The maximum Gasteiger partial charge on any atom is 0.185 e. The van der Waals surface area contributed by atoms with Gasteiger partial charge in [0, 0.05) is 12.7 Å². The van der Waals surface area contributed by atoms with E-state index in [2.05, 4.69) is 0 Å². The van der Waals surface area contributed by atoms with Gasteiger partial charge in [-0.05, 0) is 37.0 Å². The minimum absolute atomic E-state index is 0.0309. The second-order valence-electron chi connectivity index (χ2n) is 4.43. The molecule has 0 heterocycles. The predicted molar refractivity (Wildman–Crippen MR) is 74.6 cm³/mol. The van der Waals surface area contributed by atoms with E-state index in [1.807, 2.05) is 32.0 Å². The zero-order chi connectivity index (χ0) is 13.7. The molecule has 1 aromatic carbocycles. The summed E-state index contributed by atoms with van der Waals surface area (Å²) in [7, 11) is 0. The number of rotatable bonds is 5. The number of carbonyl (C=O) groups is 1. The Bertz CT molecular complexity index is 418. The van der Waals surface area contributed by atoms with Crippen LogP contribution in [0.25, 0.3) is 0 Å². The number of aryl methyl sites for hydroxylation is 1. The third-order valence-corrected chi connectivity index (χ3v) is 3.89. The van der Waals surface area contributed by atoms with Gasteiger partial charge in [-0.2, -0.15) is 0 Å². The van der Waals surface area contributed by atoms with Crippen LogP contribution in [0.2, 0.25) is 0 Å². The molecule has 0 aliphatic rings. The average molecular weight is 268 g/mol. The van der Waals surface area contributed by atoms with E-state index in [1.165, 1.54) is 18.7 Å². The van der Waals surface area contributed by atoms with Gasteiger partial charge in [0.25, 0.3) is 0 Å². The van der Waals surface area contributed by atoms with Crippen molar-refractivity contribution in [2.75, 3.05) is 5.75 Å². The Balaban J connectivity index is 2.65. The van der Waals surface area contributed by atoms with E-state index >= 15 is 0 Å². The maximum absolute atomic E-state index is 10.8. The van der Waals surface area contributed by atoms with Gasteiger partial charge in [-0.1, -0.05) is 30.0 Å². The van der Waals surface area contributed by atoms with Crippen molar-refractivity contribution in [2.45, 2.75) is 39.4 Å². The molecule has 0 aliphatic heterocycles. The van der Waals surface area contributed by atoms with Crippen LogP contribution in [-0.4, -0.2) is 27.2 Å². The van der Waals surface area contributed by atoms with E-state index in [9.17, 15) is 15.0 Å². The van der Waals surface area contributed by atoms with Gasteiger partial charge < -0.3 is 10.2 Å². The first kappa shape index (κ1) is 15.2. The van der Waals surface area contributed by atoms with Gasteiger partial charge in [0.1, 0.15) is 6.10 Å². The highest BCUT2D eigenvalue weighted by Gasteiger charge is 2.20. The normalized spacial score (nSPS) is 14.3. The Hall–Kier alpha value is -0.840. The molecule has 2 atom stereocenters. The Labute approximate surface area is 112 Å². The summed E-state index contributed by atoms with van der Waals surface area (Å²) in [5.41, 5.74) is 2.86. The highest BCUT2D eigenvalue weighted by atomic mass is 32.2. The van der Waals surface area contributed by atoms with Crippen LogP contribution in [0.5, 0.6) is 0 Å². The SMILES string of the molecule is CC(=O)SCCC(O)C(O)c1cccc(C)c1C. The quantitative estimate of drug-likeness (QED) is 0.861.